The van der Waals surface area contributed by atoms with Gasteiger partial charge in [-0.25, -0.2) is 9.37 Å². The van der Waals surface area contributed by atoms with Gasteiger partial charge >= 0.3 is 0 Å². The van der Waals surface area contributed by atoms with Crippen LogP contribution in [0.25, 0.3) is 11.3 Å². The maximum atomic E-state index is 14.4. The first-order valence-electron chi connectivity index (χ1n) is 9.10. The van der Waals surface area contributed by atoms with Crippen LogP contribution in [0.1, 0.15) is 24.1 Å². The van der Waals surface area contributed by atoms with E-state index < -0.39 is 5.82 Å². The average Bonchev–Trinajstić information content (AvgIpc) is 2.98. The number of likely N-dealkylation sites (tertiary alicyclic amines) is 1. The minimum absolute atomic E-state index is 0.0661. The molecule has 0 bridgehead atoms. The number of anilines is 1. The van der Waals surface area contributed by atoms with Crippen LogP contribution in [0.4, 0.5) is 10.3 Å². The van der Waals surface area contributed by atoms with Crippen molar-refractivity contribution in [1.82, 2.24) is 20.1 Å². The van der Waals surface area contributed by atoms with Crippen LogP contribution >= 0.6 is 0 Å². The Labute approximate surface area is 152 Å². The number of phenolic OH excluding ortho intramolecular Hbond substituents is 1. The number of aromatic hydroxyl groups is 1. The predicted octanol–water partition coefficient (Wildman–Crippen LogP) is 2.53. The van der Waals surface area contributed by atoms with E-state index in [-0.39, 0.29) is 11.3 Å². The van der Waals surface area contributed by atoms with Gasteiger partial charge in [-0.05, 0) is 63.9 Å². The van der Waals surface area contributed by atoms with Crippen molar-refractivity contribution >= 4 is 5.95 Å². The van der Waals surface area contributed by atoms with Crippen molar-refractivity contribution in [3.8, 4) is 17.0 Å². The van der Waals surface area contributed by atoms with Gasteiger partial charge in [-0.15, -0.1) is 10.2 Å². The molecule has 0 unspecified atom stereocenters. The minimum Gasteiger partial charge on any atom is -0.507 e. The first-order valence-corrected chi connectivity index (χ1v) is 9.10. The smallest absolute Gasteiger partial charge is 0.245 e. The summed E-state index contributed by atoms with van der Waals surface area (Å²) in [6.07, 6.45) is 2.35. The van der Waals surface area contributed by atoms with E-state index in [0.717, 1.165) is 26.1 Å². The second kappa shape index (κ2) is 6.46. The number of fused-ring (bicyclic) bond motifs is 1. The van der Waals surface area contributed by atoms with Gasteiger partial charge in [-0.1, -0.05) is 0 Å². The number of nitrogens with zero attached hydrogens (tertiary/aromatic N) is 5. The zero-order valence-corrected chi connectivity index (χ0v) is 15.4. The van der Waals surface area contributed by atoms with Crippen molar-refractivity contribution in [2.24, 2.45) is 5.92 Å². The number of hydrogen-bond donors (Lipinski definition) is 1. The monoisotopic (exact) mass is 357 g/mol. The van der Waals surface area contributed by atoms with Gasteiger partial charge in [0, 0.05) is 19.1 Å². The van der Waals surface area contributed by atoms with Gasteiger partial charge in [-0.2, -0.15) is 0 Å². The molecule has 7 heteroatoms. The Bertz CT molecular complexity index is 820. The second-order valence-corrected chi connectivity index (χ2v) is 7.55. The number of aryl methyl sites for hydroxylation is 2. The summed E-state index contributed by atoms with van der Waals surface area (Å²) >= 11 is 0. The molecule has 2 aliphatic rings. The fourth-order valence-corrected chi connectivity index (χ4v) is 4.25. The van der Waals surface area contributed by atoms with E-state index in [0.29, 0.717) is 34.9 Å². The van der Waals surface area contributed by atoms with Crippen molar-refractivity contribution < 1.29 is 9.50 Å². The van der Waals surface area contributed by atoms with Gasteiger partial charge in [0.1, 0.15) is 17.3 Å². The first kappa shape index (κ1) is 17.1. The van der Waals surface area contributed by atoms with Gasteiger partial charge in [-0.3, -0.25) is 0 Å². The van der Waals surface area contributed by atoms with Gasteiger partial charge in [0.25, 0.3) is 0 Å². The highest BCUT2D eigenvalue weighted by atomic mass is 19.1. The Morgan fingerprint density at radius 1 is 1.15 bits per heavy atom. The van der Waals surface area contributed by atoms with Crippen LogP contribution in [0.15, 0.2) is 12.1 Å². The number of benzene rings is 1. The van der Waals surface area contributed by atoms with Gasteiger partial charge in [0.15, 0.2) is 0 Å². The van der Waals surface area contributed by atoms with Crippen LogP contribution in [0.5, 0.6) is 5.75 Å². The summed E-state index contributed by atoms with van der Waals surface area (Å²) in [7, 11) is 2.14. The topological polar surface area (TPSA) is 65.4 Å². The average molecular weight is 357 g/mol. The lowest BCUT2D eigenvalue weighted by Crippen LogP contribution is -2.47. The molecular formula is C19H24FN5O. The fourth-order valence-electron chi connectivity index (χ4n) is 4.25. The van der Waals surface area contributed by atoms with Gasteiger partial charge in [0.2, 0.25) is 5.95 Å². The van der Waals surface area contributed by atoms with Crippen LogP contribution < -0.4 is 4.90 Å². The molecule has 1 aromatic heterocycles. The van der Waals surface area contributed by atoms with Crippen molar-refractivity contribution in [3.63, 3.8) is 0 Å². The summed E-state index contributed by atoms with van der Waals surface area (Å²) in [6.45, 7) is 6.58. The van der Waals surface area contributed by atoms with E-state index in [4.69, 9.17) is 0 Å². The summed E-state index contributed by atoms with van der Waals surface area (Å²) in [5.74, 6) is 0.628. The molecule has 1 aromatic carbocycles. The highest BCUT2D eigenvalue weighted by molar-refractivity contribution is 5.69. The molecular weight excluding hydrogens is 333 g/mol. The molecule has 138 valence electrons. The number of aromatic nitrogens is 3. The third-order valence-corrected chi connectivity index (χ3v) is 5.62. The normalized spacial score (nSPS) is 23.3. The molecule has 0 radical (unpaired) electrons. The van der Waals surface area contributed by atoms with Crippen molar-refractivity contribution in [2.75, 3.05) is 31.6 Å². The molecule has 2 aromatic rings. The third-order valence-electron chi connectivity index (χ3n) is 5.62. The van der Waals surface area contributed by atoms with Crippen molar-refractivity contribution in [2.45, 2.75) is 32.7 Å². The van der Waals surface area contributed by atoms with Crippen LogP contribution in [0.2, 0.25) is 0 Å². The van der Waals surface area contributed by atoms with Crippen LogP contribution in [0.3, 0.4) is 0 Å². The number of halogens is 1. The molecule has 2 fully saturated rings. The van der Waals surface area contributed by atoms with Crippen LogP contribution in [-0.4, -0.2) is 57.9 Å². The summed E-state index contributed by atoms with van der Waals surface area (Å²) in [5.41, 5.74) is 1.58. The van der Waals surface area contributed by atoms with Gasteiger partial charge in [0.05, 0.1) is 11.3 Å². The first-order chi connectivity index (χ1) is 12.4. The molecule has 3 heterocycles. The lowest BCUT2D eigenvalue weighted by Gasteiger charge is -2.36. The zero-order valence-electron chi connectivity index (χ0n) is 15.4. The van der Waals surface area contributed by atoms with E-state index in [9.17, 15) is 9.50 Å². The second-order valence-electron chi connectivity index (χ2n) is 7.55. The van der Waals surface area contributed by atoms with E-state index in [1.807, 2.05) is 0 Å². The number of likely N-dealkylation sites (N-methyl/N-ethyl adjacent to an activating group) is 1. The number of hydrogen-bond acceptors (Lipinski definition) is 6. The van der Waals surface area contributed by atoms with E-state index in [2.05, 4.69) is 32.0 Å². The summed E-state index contributed by atoms with van der Waals surface area (Å²) in [4.78, 5) is 9.18. The third kappa shape index (κ3) is 2.90. The summed E-state index contributed by atoms with van der Waals surface area (Å²) in [5, 5.41) is 18.7. The van der Waals surface area contributed by atoms with E-state index in [1.54, 1.807) is 13.8 Å². The Kier molecular flexibility index (Phi) is 4.26. The molecule has 0 spiro atoms. The fraction of sp³-hybridized carbons (Fsp3) is 0.526. The molecule has 0 saturated carbocycles. The SMILES string of the molecule is Cc1cc(O)c(-c2nnc(N3CC[C@@H]4CCN(C)C[C@@H]43)nc2C)c(F)c1. The quantitative estimate of drug-likeness (QED) is 0.891. The van der Waals surface area contributed by atoms with Gasteiger partial charge < -0.3 is 14.9 Å². The Balaban J connectivity index is 1.67. The Morgan fingerprint density at radius 3 is 2.65 bits per heavy atom. The molecule has 1 N–H and O–H groups in total. The maximum Gasteiger partial charge on any atom is 0.245 e. The summed E-state index contributed by atoms with van der Waals surface area (Å²) in [6, 6.07) is 3.31. The van der Waals surface area contributed by atoms with E-state index >= 15 is 0 Å². The number of piperidine rings is 1. The molecule has 2 aliphatic heterocycles. The van der Waals surface area contributed by atoms with Crippen LogP contribution in [0, 0.1) is 25.6 Å². The Hall–Kier alpha value is -2.28. The van der Waals surface area contributed by atoms with Crippen LogP contribution in [-0.2, 0) is 0 Å². The molecule has 4 rings (SSSR count). The molecule has 2 saturated heterocycles. The lowest BCUT2D eigenvalue weighted by atomic mass is 9.92. The molecule has 0 amide bonds. The Morgan fingerprint density at radius 2 is 1.92 bits per heavy atom. The maximum absolute atomic E-state index is 14.4. The lowest BCUT2D eigenvalue weighted by molar-refractivity contribution is 0.207. The molecule has 0 aliphatic carbocycles. The number of rotatable bonds is 2. The minimum atomic E-state index is -0.510. The highest BCUT2D eigenvalue weighted by Gasteiger charge is 2.39. The van der Waals surface area contributed by atoms with E-state index in [1.165, 1.54) is 18.6 Å². The molecule has 2 atom stereocenters. The van der Waals surface area contributed by atoms with Crippen molar-refractivity contribution in [3.05, 3.63) is 29.2 Å². The van der Waals surface area contributed by atoms with Crippen molar-refractivity contribution in [1.29, 1.82) is 0 Å². The zero-order chi connectivity index (χ0) is 18.4. The standard InChI is InChI=1S/C19H24FN5O/c1-11-8-14(20)17(16(26)9-11)18-12(2)21-19(23-22-18)25-7-5-13-4-6-24(3)10-15(13)25/h8-9,13,15,26H,4-7,10H2,1-3H3/t13-,15-/m0/s1. The molecule has 26 heavy (non-hydrogen) atoms. The number of phenols is 1. The highest BCUT2D eigenvalue weighted by Crippen LogP contribution is 2.36. The largest absolute Gasteiger partial charge is 0.507 e. The molecule has 6 nitrogen and oxygen atoms in total. The predicted molar refractivity (Wildman–Crippen MR) is 97.7 cm³/mol. The summed E-state index contributed by atoms with van der Waals surface area (Å²) < 4.78 is 14.4.